The number of rotatable bonds is 4. The molecule has 3 fully saturated rings. The fraction of sp³-hybridized carbons (Fsp3) is 0.528. The molecule has 0 amide bonds. The minimum absolute atomic E-state index is 0.104. The Morgan fingerprint density at radius 2 is 1.46 bits per heavy atom. The number of hydrogen-bond acceptors (Lipinski definition) is 2. The molecule has 206 valence electrons. The summed E-state index contributed by atoms with van der Waals surface area (Å²) in [5.41, 5.74) is 5.37. The normalized spacial score (nSPS) is 26.4. The van der Waals surface area contributed by atoms with Gasteiger partial charge >= 0.3 is 0 Å². The predicted octanol–water partition coefficient (Wildman–Crippen LogP) is 10.6. The van der Waals surface area contributed by atoms with Crippen LogP contribution in [0.25, 0.3) is 10.8 Å². The van der Waals surface area contributed by atoms with Crippen LogP contribution < -0.4 is 0 Å². The summed E-state index contributed by atoms with van der Waals surface area (Å²) in [5, 5.41) is 14.6. The molecule has 0 radical (unpaired) electrons. The second-order valence-electron chi connectivity index (χ2n) is 13.4. The van der Waals surface area contributed by atoms with Gasteiger partial charge < -0.3 is 5.11 Å². The van der Waals surface area contributed by atoms with Gasteiger partial charge in [0, 0.05) is 16.4 Å². The maximum atomic E-state index is 12.1. The van der Waals surface area contributed by atoms with Gasteiger partial charge in [0.1, 0.15) is 5.75 Å². The van der Waals surface area contributed by atoms with Gasteiger partial charge in [-0.3, -0.25) is 4.99 Å². The molecule has 0 aromatic heterocycles. The summed E-state index contributed by atoms with van der Waals surface area (Å²) in [6.45, 7) is 6.69. The summed E-state index contributed by atoms with van der Waals surface area (Å²) in [6.07, 6.45) is 15.7. The fourth-order valence-corrected chi connectivity index (χ4v) is 11.7. The zero-order valence-corrected chi connectivity index (χ0v) is 25.1. The monoisotopic (exact) mass is 539 g/mol. The van der Waals surface area contributed by atoms with Crippen molar-refractivity contribution in [3.05, 3.63) is 71.8 Å². The van der Waals surface area contributed by atoms with Crippen molar-refractivity contribution in [2.75, 3.05) is 6.16 Å². The summed E-state index contributed by atoms with van der Waals surface area (Å²) in [5.74, 6) is 1.10. The van der Waals surface area contributed by atoms with Crippen LogP contribution in [0.1, 0.15) is 103 Å². The molecule has 0 spiro atoms. The number of nitrogens with zero attached hydrogens (tertiary/aromatic N) is 1. The van der Waals surface area contributed by atoms with Crippen LogP contribution in [0.3, 0.4) is 0 Å². The highest BCUT2D eigenvalue weighted by atomic mass is 31.1. The van der Waals surface area contributed by atoms with Gasteiger partial charge in [0.05, 0.1) is 11.1 Å². The van der Waals surface area contributed by atoms with E-state index in [4.69, 9.17) is 4.99 Å². The van der Waals surface area contributed by atoms with Crippen LogP contribution in [0.4, 0.5) is 5.69 Å². The van der Waals surface area contributed by atoms with Crippen molar-refractivity contribution in [1.82, 2.24) is 0 Å². The van der Waals surface area contributed by atoms with Gasteiger partial charge in [0.25, 0.3) is 0 Å². The highest BCUT2D eigenvalue weighted by molar-refractivity contribution is 7.76. The van der Waals surface area contributed by atoms with Crippen LogP contribution in [0.2, 0.25) is 0 Å². The summed E-state index contributed by atoms with van der Waals surface area (Å²) in [6, 6.07) is 22.0. The lowest BCUT2D eigenvalue weighted by atomic mass is 9.63. The first-order valence-corrected chi connectivity index (χ1v) is 17.2. The van der Waals surface area contributed by atoms with Crippen LogP contribution >= 0.6 is 7.92 Å². The Balaban J connectivity index is 1.60. The third-order valence-electron chi connectivity index (χ3n) is 10.1. The molecule has 0 bridgehead atoms. The Morgan fingerprint density at radius 3 is 2.21 bits per heavy atom. The van der Waals surface area contributed by atoms with Gasteiger partial charge in [-0.25, -0.2) is 0 Å². The van der Waals surface area contributed by atoms with Crippen molar-refractivity contribution >= 4 is 29.8 Å². The van der Waals surface area contributed by atoms with Crippen molar-refractivity contribution in [2.45, 2.75) is 108 Å². The van der Waals surface area contributed by atoms with E-state index in [9.17, 15) is 5.11 Å². The highest BCUT2D eigenvalue weighted by Crippen LogP contribution is 2.66. The fourth-order valence-electron chi connectivity index (χ4n) is 8.07. The third kappa shape index (κ3) is 4.97. The second-order valence-corrected chi connectivity index (χ2v) is 16.0. The molecule has 6 rings (SSSR count). The van der Waals surface area contributed by atoms with E-state index in [0.29, 0.717) is 11.7 Å². The average Bonchev–Trinajstić information content (AvgIpc) is 3.33. The smallest absolute Gasteiger partial charge is 0.123 e. The molecule has 2 aliphatic carbocycles. The number of aromatic hydroxyl groups is 1. The topological polar surface area (TPSA) is 32.6 Å². The maximum absolute atomic E-state index is 12.1. The molecule has 1 heterocycles. The molecule has 3 aromatic carbocycles. The van der Waals surface area contributed by atoms with E-state index in [1.807, 2.05) is 0 Å². The highest BCUT2D eigenvalue weighted by Gasteiger charge is 2.54. The average molecular weight is 540 g/mol. The number of fused-ring (bicyclic) bond motifs is 1. The van der Waals surface area contributed by atoms with E-state index in [0.717, 1.165) is 23.3 Å². The Hall–Kier alpha value is -2.18. The minimum Gasteiger partial charge on any atom is -0.507 e. The van der Waals surface area contributed by atoms with Crippen molar-refractivity contribution in [3.63, 3.8) is 0 Å². The van der Waals surface area contributed by atoms with E-state index in [1.165, 1.54) is 92.2 Å². The molecule has 39 heavy (non-hydrogen) atoms. The molecular formula is C36H46NOP. The third-order valence-corrected chi connectivity index (χ3v) is 13.2. The quantitative estimate of drug-likeness (QED) is 0.329. The van der Waals surface area contributed by atoms with Gasteiger partial charge in [0.2, 0.25) is 0 Å². The largest absolute Gasteiger partial charge is 0.507 e. The minimum atomic E-state index is -0.353. The molecule has 1 saturated heterocycles. The summed E-state index contributed by atoms with van der Waals surface area (Å²) in [7, 11) is -0.353. The number of phenols is 1. The Bertz CT molecular complexity index is 1340. The van der Waals surface area contributed by atoms with E-state index >= 15 is 0 Å². The van der Waals surface area contributed by atoms with Crippen LogP contribution in [-0.2, 0) is 10.8 Å². The molecule has 3 aliphatic rings. The molecule has 3 aromatic rings. The number of benzene rings is 3. The molecule has 2 unspecified atom stereocenters. The van der Waals surface area contributed by atoms with Gasteiger partial charge in [-0.05, 0) is 72.3 Å². The second kappa shape index (κ2) is 11.0. The molecule has 3 heteroatoms. The standard InChI is InChI=1S/C36H46NOP/c1-35(2,3)30-21-13-22-31(33(30)38)36(27-16-6-4-7-17-27)24-25-39(28-18-8-5-9-19-28)34(36)37-32-23-12-15-26-14-10-11-20-29(26)32/h10-15,20-23,27-28,38H,4-9,16-19,24-25H2,1-3H3. The number of phenolic OH excluding ortho intramolecular Hbond substituents is 1. The lowest BCUT2D eigenvalue weighted by molar-refractivity contribution is 0.256. The number of aliphatic imine (C=N–C) groups is 1. The first kappa shape index (κ1) is 27.0. The Morgan fingerprint density at radius 1 is 0.795 bits per heavy atom. The zero-order chi connectivity index (χ0) is 27.0. The van der Waals surface area contributed by atoms with E-state index < -0.39 is 0 Å². The lowest BCUT2D eigenvalue weighted by Gasteiger charge is -2.43. The van der Waals surface area contributed by atoms with E-state index in [2.05, 4.69) is 81.4 Å². The van der Waals surface area contributed by atoms with Gasteiger partial charge in [-0.15, -0.1) is 0 Å². The Labute approximate surface area is 237 Å². The SMILES string of the molecule is CC(C)(C)c1cccc(C2(C3CCCCC3)CCP(C3CCCCC3)C2=Nc2cccc3ccccc23)c1O. The first-order chi connectivity index (χ1) is 18.9. The predicted molar refractivity (Wildman–Crippen MR) is 169 cm³/mol. The van der Waals surface area contributed by atoms with Gasteiger partial charge in [0.15, 0.2) is 0 Å². The molecule has 2 saturated carbocycles. The number of para-hydroxylation sites is 1. The van der Waals surface area contributed by atoms with Crippen LogP contribution in [0.5, 0.6) is 5.75 Å². The van der Waals surface area contributed by atoms with Crippen LogP contribution in [0.15, 0.2) is 65.7 Å². The summed E-state index contributed by atoms with van der Waals surface area (Å²) >= 11 is 0. The van der Waals surface area contributed by atoms with Gasteiger partial charge in [-0.2, -0.15) is 0 Å². The van der Waals surface area contributed by atoms with E-state index in [-0.39, 0.29) is 18.8 Å². The van der Waals surface area contributed by atoms with Gasteiger partial charge in [-0.1, -0.05) is 122 Å². The zero-order valence-electron chi connectivity index (χ0n) is 24.3. The van der Waals surface area contributed by atoms with E-state index in [1.54, 1.807) is 0 Å². The van der Waals surface area contributed by atoms with Crippen LogP contribution in [0, 0.1) is 5.92 Å². The summed E-state index contributed by atoms with van der Waals surface area (Å²) in [4.78, 5) is 5.82. The van der Waals surface area contributed by atoms with Crippen LogP contribution in [-0.4, -0.2) is 22.4 Å². The maximum Gasteiger partial charge on any atom is 0.123 e. The number of hydrogen-bond donors (Lipinski definition) is 1. The first-order valence-electron chi connectivity index (χ1n) is 15.6. The lowest BCUT2D eigenvalue weighted by Crippen LogP contribution is -2.41. The molecular weight excluding hydrogens is 493 g/mol. The summed E-state index contributed by atoms with van der Waals surface area (Å²) < 4.78 is 0. The van der Waals surface area contributed by atoms with Crippen molar-refractivity contribution < 1.29 is 5.11 Å². The molecule has 2 nitrogen and oxygen atoms in total. The Kier molecular flexibility index (Phi) is 7.62. The molecule has 1 N–H and O–H groups in total. The van der Waals surface area contributed by atoms with Crippen molar-refractivity contribution in [2.24, 2.45) is 10.9 Å². The molecule has 1 aliphatic heterocycles. The molecule has 2 atom stereocenters. The van der Waals surface area contributed by atoms with Crippen molar-refractivity contribution in [1.29, 1.82) is 0 Å². The van der Waals surface area contributed by atoms with Crippen molar-refractivity contribution in [3.8, 4) is 5.75 Å².